The van der Waals surface area contributed by atoms with E-state index in [1.165, 1.54) is 0 Å². The Bertz CT molecular complexity index is 604. The van der Waals surface area contributed by atoms with E-state index in [2.05, 4.69) is 106 Å². The smallest absolute Gasteiger partial charge is 0.259 e. The number of aliphatic hydroxyl groups is 1. The molecule has 0 amide bonds. The van der Waals surface area contributed by atoms with Crippen LogP contribution in [0.1, 0.15) is 102 Å². The number of nitrogens with zero attached hydrogens (tertiary/aromatic N) is 3. The maximum atomic E-state index is 9.78. The van der Waals surface area contributed by atoms with E-state index in [1.807, 2.05) is 0 Å². The highest BCUT2D eigenvalue weighted by Gasteiger charge is 2.41. The minimum Gasteiger partial charge on any atom is -0.396 e. The number of nitriles is 1. The van der Waals surface area contributed by atoms with Crippen LogP contribution in [0.5, 0.6) is 0 Å². The van der Waals surface area contributed by atoms with E-state index >= 15 is 0 Å². The van der Waals surface area contributed by atoms with E-state index in [-0.39, 0.29) is 28.5 Å². The average molecular weight is 488 g/mol. The Morgan fingerprint density at radius 3 is 1.70 bits per heavy atom. The second kappa shape index (κ2) is 13.1. The zero-order chi connectivity index (χ0) is 26.3. The molecule has 0 aliphatic heterocycles. The van der Waals surface area contributed by atoms with Crippen LogP contribution in [0.15, 0.2) is 0 Å². The second-order valence-electron chi connectivity index (χ2n) is 12.8. The Labute approximate surface area is 207 Å². The van der Waals surface area contributed by atoms with Crippen molar-refractivity contribution < 1.29 is 14.2 Å². The van der Waals surface area contributed by atoms with Gasteiger partial charge >= 0.3 is 0 Å². The van der Waals surface area contributed by atoms with E-state index in [0.717, 1.165) is 12.8 Å². The van der Waals surface area contributed by atoms with Crippen LogP contribution >= 0.6 is 8.53 Å². The summed E-state index contributed by atoms with van der Waals surface area (Å²) in [5.41, 5.74) is -0.326. The van der Waals surface area contributed by atoms with Crippen molar-refractivity contribution in [2.75, 3.05) is 26.9 Å². The summed E-state index contributed by atoms with van der Waals surface area (Å²) in [5.74, 6) is 0. The fraction of sp³-hybridized carbons (Fsp3) is 0.962. The highest BCUT2D eigenvalue weighted by atomic mass is 31.2. The van der Waals surface area contributed by atoms with Crippen LogP contribution in [0.3, 0.4) is 0 Å². The predicted octanol–water partition coefficient (Wildman–Crippen LogP) is 6.59. The van der Waals surface area contributed by atoms with Crippen molar-refractivity contribution in [2.24, 2.45) is 10.8 Å². The Morgan fingerprint density at radius 1 is 0.848 bits per heavy atom. The van der Waals surface area contributed by atoms with E-state index in [0.29, 0.717) is 31.7 Å². The lowest BCUT2D eigenvalue weighted by molar-refractivity contribution is -0.0234. The van der Waals surface area contributed by atoms with Crippen LogP contribution in [0.4, 0.5) is 0 Å². The van der Waals surface area contributed by atoms with Gasteiger partial charge in [-0.2, -0.15) is 5.26 Å². The molecule has 0 spiro atoms. The van der Waals surface area contributed by atoms with Gasteiger partial charge in [0.1, 0.15) is 0 Å². The normalized spacial score (nSPS) is 15.1. The van der Waals surface area contributed by atoms with Gasteiger partial charge in [-0.3, -0.25) is 4.90 Å². The van der Waals surface area contributed by atoms with Gasteiger partial charge in [0.2, 0.25) is 0 Å². The first-order valence-electron chi connectivity index (χ1n) is 12.4. The lowest BCUT2D eigenvalue weighted by atomic mass is 9.75. The van der Waals surface area contributed by atoms with Gasteiger partial charge in [0.25, 0.3) is 8.53 Å². The van der Waals surface area contributed by atoms with Gasteiger partial charge in [-0.05, 0) is 86.1 Å². The van der Waals surface area contributed by atoms with Crippen LogP contribution in [-0.2, 0) is 9.05 Å². The van der Waals surface area contributed by atoms with Crippen molar-refractivity contribution in [3.8, 4) is 6.07 Å². The molecule has 33 heavy (non-hydrogen) atoms. The lowest BCUT2D eigenvalue weighted by Crippen LogP contribution is -2.56. The molecule has 0 heterocycles. The predicted molar refractivity (Wildman–Crippen MR) is 141 cm³/mol. The summed E-state index contributed by atoms with van der Waals surface area (Å²) in [5, 5.41) is 18.7. The van der Waals surface area contributed by atoms with E-state index < -0.39 is 8.53 Å². The first kappa shape index (κ1) is 32.7. The molecular weight excluding hydrogens is 433 g/mol. The van der Waals surface area contributed by atoms with Crippen molar-refractivity contribution in [3.63, 3.8) is 0 Å². The maximum absolute atomic E-state index is 9.78. The molecule has 0 saturated carbocycles. The van der Waals surface area contributed by atoms with Gasteiger partial charge in [0.05, 0.1) is 25.7 Å². The molecule has 0 radical (unpaired) electrons. The molecule has 0 aromatic rings. The number of rotatable bonds is 16. The monoisotopic (exact) mass is 487 g/mol. The van der Waals surface area contributed by atoms with Gasteiger partial charge < -0.3 is 14.2 Å². The van der Waals surface area contributed by atoms with Crippen molar-refractivity contribution >= 4 is 8.53 Å². The Balaban J connectivity index is 5.43. The van der Waals surface area contributed by atoms with Crippen LogP contribution in [-0.4, -0.2) is 64.7 Å². The lowest BCUT2D eigenvalue weighted by Gasteiger charge is -2.51. The number of hydrogen-bond donors (Lipinski definition) is 1. The van der Waals surface area contributed by atoms with Crippen LogP contribution < -0.4 is 0 Å². The molecular formula is C26H54N3O3P. The second-order valence-corrected chi connectivity index (χ2v) is 14.3. The molecule has 0 aliphatic rings. The molecule has 0 aliphatic carbocycles. The van der Waals surface area contributed by atoms with Gasteiger partial charge in [0, 0.05) is 29.8 Å². The van der Waals surface area contributed by atoms with Crippen LogP contribution in [0.25, 0.3) is 0 Å². The summed E-state index contributed by atoms with van der Waals surface area (Å²) in [6.45, 7) is 27.7. The zero-order valence-corrected chi connectivity index (χ0v) is 24.8. The molecule has 0 saturated heterocycles. The Hall–Kier alpha value is -0.280. The first-order valence-corrected chi connectivity index (χ1v) is 13.5. The average Bonchev–Trinajstić information content (AvgIpc) is 2.63. The molecule has 196 valence electrons. The largest absolute Gasteiger partial charge is 0.396 e. The molecule has 6 nitrogen and oxygen atoms in total. The highest BCUT2D eigenvalue weighted by molar-refractivity contribution is 7.44. The molecule has 0 bridgehead atoms. The standard InChI is InChI=1S/C26H54N3O3P/c1-21(2)29(22(3)4)33(31-16-14-15-27)32-20-24(7,8)18-26(11,12)28(13)25(9,10)17-23(5,6)19-30/h21-22,30H,14,16-20H2,1-13H3. The zero-order valence-electron chi connectivity index (χ0n) is 23.9. The summed E-state index contributed by atoms with van der Waals surface area (Å²) < 4.78 is 14.8. The van der Waals surface area contributed by atoms with Gasteiger partial charge in [-0.1, -0.05) is 27.7 Å². The molecule has 7 heteroatoms. The first-order chi connectivity index (χ1) is 14.8. The van der Waals surface area contributed by atoms with Gasteiger partial charge in [0.15, 0.2) is 0 Å². The summed E-state index contributed by atoms with van der Waals surface area (Å²) in [6, 6.07) is 2.74. The highest BCUT2D eigenvalue weighted by Crippen LogP contribution is 2.48. The van der Waals surface area contributed by atoms with Crippen molar-refractivity contribution in [1.82, 2.24) is 9.57 Å². The number of hydrogen-bond acceptors (Lipinski definition) is 6. The minimum absolute atomic E-state index is 0.0637. The summed E-state index contributed by atoms with van der Waals surface area (Å²) in [7, 11) is 0.958. The Morgan fingerprint density at radius 2 is 1.30 bits per heavy atom. The van der Waals surface area contributed by atoms with E-state index in [9.17, 15) is 5.11 Å². The molecule has 0 aromatic heterocycles. The van der Waals surface area contributed by atoms with Crippen molar-refractivity contribution in [2.45, 2.75) is 126 Å². The molecule has 1 unspecified atom stereocenters. The third kappa shape index (κ3) is 11.3. The van der Waals surface area contributed by atoms with Gasteiger partial charge in [-0.25, -0.2) is 4.67 Å². The summed E-state index contributed by atoms with van der Waals surface area (Å²) in [6.07, 6.45) is 2.22. The van der Waals surface area contributed by atoms with E-state index in [1.54, 1.807) is 0 Å². The minimum atomic E-state index is -1.24. The molecule has 0 rings (SSSR count). The van der Waals surface area contributed by atoms with Crippen molar-refractivity contribution in [3.05, 3.63) is 0 Å². The fourth-order valence-electron chi connectivity index (χ4n) is 5.05. The van der Waals surface area contributed by atoms with Crippen LogP contribution in [0, 0.1) is 22.2 Å². The SMILES string of the molecule is CC(C)N(C(C)C)P(OCCC#N)OCC(C)(C)CC(C)(C)N(C)C(C)(C)CC(C)(C)CO. The van der Waals surface area contributed by atoms with Gasteiger partial charge in [-0.15, -0.1) is 0 Å². The third-order valence-electron chi connectivity index (χ3n) is 6.29. The van der Waals surface area contributed by atoms with Crippen LogP contribution in [0.2, 0.25) is 0 Å². The molecule has 1 atom stereocenters. The quantitative estimate of drug-likeness (QED) is 0.196. The van der Waals surface area contributed by atoms with E-state index in [4.69, 9.17) is 14.3 Å². The third-order valence-corrected chi connectivity index (χ3v) is 8.35. The summed E-state index contributed by atoms with van der Waals surface area (Å²) >= 11 is 0. The maximum Gasteiger partial charge on any atom is 0.259 e. The van der Waals surface area contributed by atoms with Crippen molar-refractivity contribution in [1.29, 1.82) is 5.26 Å². The summed E-state index contributed by atoms with van der Waals surface area (Å²) in [4.78, 5) is 2.46. The molecule has 0 aromatic carbocycles. The number of aliphatic hydroxyl groups excluding tert-OH is 1. The fourth-order valence-corrected chi connectivity index (χ4v) is 6.85. The molecule has 0 fully saturated rings. The Kier molecular flexibility index (Phi) is 13.0. The topological polar surface area (TPSA) is 69.0 Å². The molecule has 1 N–H and O–H groups in total.